The fourth-order valence-electron chi connectivity index (χ4n) is 2.94. The van der Waals surface area contributed by atoms with Crippen LogP contribution >= 0.6 is 11.8 Å². The Balaban J connectivity index is 1.64. The second-order valence-electron chi connectivity index (χ2n) is 5.04. The highest BCUT2D eigenvalue weighted by Gasteiger charge is 2.33. The number of aliphatic carboxylic acids is 1. The van der Waals surface area contributed by atoms with Gasteiger partial charge in [-0.1, -0.05) is 18.2 Å². The number of nitrogens with zero attached hydrogens (tertiary/aromatic N) is 1. The van der Waals surface area contributed by atoms with Crippen LogP contribution in [0.2, 0.25) is 0 Å². The summed E-state index contributed by atoms with van der Waals surface area (Å²) in [6.45, 7) is 1.83. The second kappa shape index (κ2) is 4.94. The molecule has 3 rings (SSSR count). The molecular formula is C14H17NO2S. The van der Waals surface area contributed by atoms with Crippen LogP contribution in [0.5, 0.6) is 0 Å². The Morgan fingerprint density at radius 1 is 1.44 bits per heavy atom. The number of hydrogen-bond acceptors (Lipinski definition) is 3. The summed E-state index contributed by atoms with van der Waals surface area (Å²) in [5.74, 6) is -0.659. The van der Waals surface area contributed by atoms with Crippen LogP contribution in [0, 0.1) is 0 Å². The molecule has 96 valence electrons. The summed E-state index contributed by atoms with van der Waals surface area (Å²) in [6.07, 6.45) is 2.89. The third-order valence-corrected chi connectivity index (χ3v) is 5.10. The number of thioether (sulfide) groups is 1. The van der Waals surface area contributed by atoms with Gasteiger partial charge in [-0.05, 0) is 37.4 Å². The van der Waals surface area contributed by atoms with Gasteiger partial charge in [0.2, 0.25) is 0 Å². The van der Waals surface area contributed by atoms with Crippen molar-refractivity contribution in [1.29, 1.82) is 0 Å². The highest BCUT2D eigenvalue weighted by Crippen LogP contribution is 2.37. The van der Waals surface area contributed by atoms with Crippen molar-refractivity contribution in [2.75, 3.05) is 13.1 Å². The lowest BCUT2D eigenvalue weighted by Crippen LogP contribution is -2.39. The standard InChI is InChI=1S/C14H17NO2S/c16-14(17)12-5-3-7-15(12)9-11-8-10-4-1-2-6-13(10)18-11/h1-2,4,6,11-12H,3,5,7-9H2,(H,16,17). The van der Waals surface area contributed by atoms with E-state index in [4.69, 9.17) is 0 Å². The Labute approximate surface area is 111 Å². The van der Waals surface area contributed by atoms with Gasteiger partial charge in [0, 0.05) is 16.7 Å². The van der Waals surface area contributed by atoms with Gasteiger partial charge in [0.1, 0.15) is 6.04 Å². The Kier molecular flexibility index (Phi) is 3.31. The number of carbonyl (C=O) groups is 1. The van der Waals surface area contributed by atoms with Crippen molar-refractivity contribution < 1.29 is 9.90 Å². The van der Waals surface area contributed by atoms with E-state index in [-0.39, 0.29) is 6.04 Å². The molecule has 1 fully saturated rings. The highest BCUT2D eigenvalue weighted by molar-refractivity contribution is 8.00. The first kappa shape index (κ1) is 12.1. The first-order valence-electron chi connectivity index (χ1n) is 6.45. The van der Waals surface area contributed by atoms with Crippen molar-refractivity contribution in [2.45, 2.75) is 35.4 Å². The maximum Gasteiger partial charge on any atom is 0.320 e. The van der Waals surface area contributed by atoms with Crippen LogP contribution in [-0.4, -0.2) is 40.4 Å². The van der Waals surface area contributed by atoms with Gasteiger partial charge in [-0.15, -0.1) is 11.8 Å². The number of likely N-dealkylation sites (tertiary alicyclic amines) is 1. The lowest BCUT2D eigenvalue weighted by Gasteiger charge is -2.23. The molecule has 0 saturated carbocycles. The highest BCUT2D eigenvalue weighted by atomic mass is 32.2. The molecule has 2 aliphatic rings. The minimum Gasteiger partial charge on any atom is -0.480 e. The average molecular weight is 263 g/mol. The molecule has 0 amide bonds. The number of carboxylic acid groups (broad SMARTS) is 1. The van der Waals surface area contributed by atoms with E-state index in [2.05, 4.69) is 29.2 Å². The van der Waals surface area contributed by atoms with Gasteiger partial charge in [-0.25, -0.2) is 0 Å². The molecule has 4 heteroatoms. The Morgan fingerprint density at radius 3 is 3.06 bits per heavy atom. The summed E-state index contributed by atoms with van der Waals surface area (Å²) in [4.78, 5) is 14.7. The van der Waals surface area contributed by atoms with Gasteiger partial charge in [-0.2, -0.15) is 0 Å². The molecule has 0 spiro atoms. The molecule has 2 unspecified atom stereocenters. The topological polar surface area (TPSA) is 40.5 Å². The van der Waals surface area contributed by atoms with Crippen LogP contribution in [0.15, 0.2) is 29.2 Å². The SMILES string of the molecule is O=C(O)C1CCCN1CC1Cc2ccccc2S1. The van der Waals surface area contributed by atoms with Crippen molar-refractivity contribution >= 4 is 17.7 Å². The van der Waals surface area contributed by atoms with Gasteiger partial charge in [0.05, 0.1) is 0 Å². The molecule has 2 heterocycles. The monoisotopic (exact) mass is 263 g/mol. The van der Waals surface area contributed by atoms with Gasteiger partial charge < -0.3 is 5.11 Å². The third-order valence-electron chi connectivity index (χ3n) is 3.80. The lowest BCUT2D eigenvalue weighted by molar-refractivity contribution is -0.142. The molecule has 1 saturated heterocycles. The maximum atomic E-state index is 11.2. The summed E-state index contributed by atoms with van der Waals surface area (Å²) in [7, 11) is 0. The van der Waals surface area contributed by atoms with Crippen LogP contribution in [0.25, 0.3) is 0 Å². The Hall–Kier alpha value is -1.00. The average Bonchev–Trinajstić information content (AvgIpc) is 2.94. The van der Waals surface area contributed by atoms with E-state index in [9.17, 15) is 9.90 Å². The first-order valence-corrected chi connectivity index (χ1v) is 7.33. The van der Waals surface area contributed by atoms with E-state index in [1.807, 2.05) is 11.8 Å². The molecule has 1 N–H and O–H groups in total. The molecule has 0 aliphatic carbocycles. The smallest absolute Gasteiger partial charge is 0.320 e. The van der Waals surface area contributed by atoms with E-state index in [1.165, 1.54) is 10.5 Å². The van der Waals surface area contributed by atoms with Crippen LogP contribution in [-0.2, 0) is 11.2 Å². The molecule has 0 aromatic heterocycles. The molecule has 0 bridgehead atoms. The van der Waals surface area contributed by atoms with E-state index in [0.717, 1.165) is 32.4 Å². The summed E-state index contributed by atoms with van der Waals surface area (Å²) >= 11 is 1.90. The minimum atomic E-state index is -0.659. The summed E-state index contributed by atoms with van der Waals surface area (Å²) in [5, 5.41) is 9.70. The zero-order valence-electron chi connectivity index (χ0n) is 10.2. The van der Waals surface area contributed by atoms with Gasteiger partial charge in [0.25, 0.3) is 0 Å². The summed E-state index contributed by atoms with van der Waals surface area (Å²) in [6, 6.07) is 8.25. The number of benzene rings is 1. The largest absolute Gasteiger partial charge is 0.480 e. The van der Waals surface area contributed by atoms with E-state index >= 15 is 0 Å². The number of carboxylic acids is 1. The predicted octanol–water partition coefficient (Wildman–Crippen LogP) is 2.25. The normalized spacial score (nSPS) is 27.3. The van der Waals surface area contributed by atoms with Crippen LogP contribution < -0.4 is 0 Å². The zero-order chi connectivity index (χ0) is 12.5. The molecule has 2 atom stereocenters. The first-order chi connectivity index (χ1) is 8.74. The molecule has 1 aromatic carbocycles. The van der Waals surface area contributed by atoms with Gasteiger partial charge in [-0.3, -0.25) is 9.69 Å². The van der Waals surface area contributed by atoms with Crippen molar-refractivity contribution in [3.05, 3.63) is 29.8 Å². The summed E-state index contributed by atoms with van der Waals surface area (Å²) in [5.41, 5.74) is 1.42. The van der Waals surface area contributed by atoms with Crippen molar-refractivity contribution in [1.82, 2.24) is 4.90 Å². The summed E-state index contributed by atoms with van der Waals surface area (Å²) < 4.78 is 0. The third kappa shape index (κ3) is 2.27. The van der Waals surface area contributed by atoms with Gasteiger partial charge in [0.15, 0.2) is 0 Å². The number of rotatable bonds is 3. The van der Waals surface area contributed by atoms with Crippen molar-refractivity contribution in [3.8, 4) is 0 Å². The molecule has 1 aromatic rings. The fraction of sp³-hybridized carbons (Fsp3) is 0.500. The Morgan fingerprint density at radius 2 is 2.28 bits per heavy atom. The fourth-order valence-corrected chi connectivity index (χ4v) is 4.29. The van der Waals surface area contributed by atoms with Crippen molar-refractivity contribution in [2.24, 2.45) is 0 Å². The Bertz CT molecular complexity index is 438. The molecule has 18 heavy (non-hydrogen) atoms. The predicted molar refractivity (Wildman–Crippen MR) is 72.0 cm³/mol. The van der Waals surface area contributed by atoms with E-state index in [0.29, 0.717) is 5.25 Å². The van der Waals surface area contributed by atoms with Crippen LogP contribution in [0.1, 0.15) is 18.4 Å². The molecule has 2 aliphatic heterocycles. The zero-order valence-corrected chi connectivity index (χ0v) is 11.0. The van der Waals surface area contributed by atoms with Gasteiger partial charge >= 0.3 is 5.97 Å². The lowest BCUT2D eigenvalue weighted by atomic mass is 10.1. The van der Waals surface area contributed by atoms with Crippen molar-refractivity contribution in [3.63, 3.8) is 0 Å². The van der Waals surface area contributed by atoms with Crippen LogP contribution in [0.3, 0.4) is 0 Å². The van der Waals surface area contributed by atoms with Crippen LogP contribution in [0.4, 0.5) is 0 Å². The van der Waals surface area contributed by atoms with E-state index in [1.54, 1.807) is 0 Å². The molecular weight excluding hydrogens is 246 g/mol. The van der Waals surface area contributed by atoms with E-state index < -0.39 is 5.97 Å². The number of hydrogen-bond donors (Lipinski definition) is 1. The minimum absolute atomic E-state index is 0.255. The molecule has 0 radical (unpaired) electrons. The molecule has 3 nitrogen and oxygen atoms in total. The quantitative estimate of drug-likeness (QED) is 0.908. The number of fused-ring (bicyclic) bond motifs is 1. The maximum absolute atomic E-state index is 11.2. The second-order valence-corrected chi connectivity index (χ2v) is 6.39.